The third-order valence-corrected chi connectivity index (χ3v) is 5.93. The van der Waals surface area contributed by atoms with Crippen molar-refractivity contribution in [1.82, 2.24) is 20.9 Å². The quantitative estimate of drug-likeness (QED) is 0.378. The van der Waals surface area contributed by atoms with Crippen molar-refractivity contribution in [2.45, 2.75) is 37.4 Å². The number of carbonyl (C=O) groups is 4. The van der Waals surface area contributed by atoms with E-state index in [9.17, 15) is 23.6 Å². The number of hydrogen-bond donors (Lipinski definition) is 3. The van der Waals surface area contributed by atoms with Gasteiger partial charge >= 0.3 is 0 Å². The molecule has 3 aromatic rings. The number of ketones is 1. The van der Waals surface area contributed by atoms with Crippen LogP contribution in [0.25, 0.3) is 0 Å². The highest BCUT2D eigenvalue weighted by atomic mass is 19.1. The highest BCUT2D eigenvalue weighted by molar-refractivity contribution is 6.38. The van der Waals surface area contributed by atoms with Gasteiger partial charge in [-0.1, -0.05) is 36.4 Å². The number of amides is 3. The molecule has 0 spiro atoms. The average molecular weight is 489 g/mol. The lowest BCUT2D eigenvalue weighted by Gasteiger charge is -2.22. The van der Waals surface area contributed by atoms with E-state index in [0.29, 0.717) is 18.5 Å². The third-order valence-electron chi connectivity index (χ3n) is 5.93. The minimum Gasteiger partial charge on any atom is -0.344 e. The van der Waals surface area contributed by atoms with E-state index in [4.69, 9.17) is 0 Å². The summed E-state index contributed by atoms with van der Waals surface area (Å²) < 4.78 is 13.2. The summed E-state index contributed by atoms with van der Waals surface area (Å²) in [6.07, 6.45) is 2.44. The van der Waals surface area contributed by atoms with E-state index < -0.39 is 40.9 Å². The molecule has 4 rings (SSSR count). The Labute approximate surface area is 207 Å². The first-order chi connectivity index (χ1) is 17.4. The van der Waals surface area contributed by atoms with Gasteiger partial charge in [-0.15, -0.1) is 0 Å². The van der Waals surface area contributed by atoms with Crippen LogP contribution < -0.4 is 16.0 Å². The Hall–Kier alpha value is -4.40. The molecule has 9 heteroatoms. The van der Waals surface area contributed by atoms with Gasteiger partial charge in [0.25, 0.3) is 11.8 Å². The van der Waals surface area contributed by atoms with Crippen molar-refractivity contribution in [1.29, 1.82) is 0 Å². The molecule has 0 aliphatic heterocycles. The fourth-order valence-corrected chi connectivity index (χ4v) is 3.70. The van der Waals surface area contributed by atoms with Crippen LogP contribution in [0.5, 0.6) is 0 Å². The molecule has 1 aliphatic carbocycles. The molecule has 1 fully saturated rings. The number of Topliss-reactive ketones (excluding diaryl/α,β-unsaturated/α-hetero) is 1. The Morgan fingerprint density at radius 1 is 0.917 bits per heavy atom. The van der Waals surface area contributed by atoms with Gasteiger partial charge in [-0.25, -0.2) is 4.39 Å². The smallest absolute Gasteiger partial charge is 0.289 e. The van der Waals surface area contributed by atoms with Gasteiger partial charge in [-0.2, -0.15) is 0 Å². The van der Waals surface area contributed by atoms with Crippen molar-refractivity contribution in [2.24, 2.45) is 0 Å². The van der Waals surface area contributed by atoms with E-state index in [1.807, 2.05) is 6.07 Å². The van der Waals surface area contributed by atoms with Crippen molar-refractivity contribution in [3.8, 4) is 0 Å². The molecule has 3 N–H and O–H groups in total. The Kier molecular flexibility index (Phi) is 7.48. The highest BCUT2D eigenvalue weighted by Crippen LogP contribution is 2.36. The molecule has 184 valence electrons. The number of nitrogens with zero attached hydrogens (tertiary/aromatic N) is 1. The molecule has 8 nitrogen and oxygen atoms in total. The first kappa shape index (κ1) is 24.7. The normalized spacial score (nSPS) is 14.2. The van der Waals surface area contributed by atoms with Gasteiger partial charge in [-0.05, 0) is 54.8 Å². The van der Waals surface area contributed by atoms with E-state index in [1.54, 1.807) is 48.7 Å². The predicted molar refractivity (Wildman–Crippen MR) is 129 cm³/mol. The summed E-state index contributed by atoms with van der Waals surface area (Å²) in [7, 11) is 0. The number of rotatable bonds is 10. The van der Waals surface area contributed by atoms with Crippen LogP contribution in [0.1, 0.15) is 34.5 Å². The van der Waals surface area contributed by atoms with Crippen LogP contribution in [0.15, 0.2) is 79.0 Å². The maximum absolute atomic E-state index is 13.2. The molecule has 1 heterocycles. The van der Waals surface area contributed by atoms with Gasteiger partial charge in [0.05, 0.1) is 12.2 Å². The fourth-order valence-electron chi connectivity index (χ4n) is 3.70. The van der Waals surface area contributed by atoms with Crippen LogP contribution >= 0.6 is 0 Å². The van der Waals surface area contributed by atoms with E-state index in [-0.39, 0.29) is 18.5 Å². The molecule has 0 bridgehead atoms. The number of hydrogen-bond acceptors (Lipinski definition) is 5. The van der Waals surface area contributed by atoms with Crippen LogP contribution in [0, 0.1) is 5.82 Å². The second-order valence-corrected chi connectivity index (χ2v) is 8.63. The summed E-state index contributed by atoms with van der Waals surface area (Å²) in [6.45, 7) is 0.0646. The van der Waals surface area contributed by atoms with Gasteiger partial charge in [0.15, 0.2) is 0 Å². The predicted octanol–water partition coefficient (Wildman–Crippen LogP) is 2.10. The molecule has 1 saturated carbocycles. The molecule has 1 atom stereocenters. The number of pyridine rings is 1. The zero-order valence-electron chi connectivity index (χ0n) is 19.4. The number of carbonyl (C=O) groups excluding carboxylic acids is 4. The highest BCUT2D eigenvalue weighted by Gasteiger charge is 2.52. The minimum absolute atomic E-state index is 0.0646. The number of benzene rings is 2. The van der Waals surface area contributed by atoms with E-state index in [0.717, 1.165) is 17.7 Å². The molecule has 0 unspecified atom stereocenters. The van der Waals surface area contributed by atoms with Crippen LogP contribution in [0.3, 0.4) is 0 Å². The number of nitrogens with one attached hydrogen (secondary N) is 3. The lowest BCUT2D eigenvalue weighted by molar-refractivity contribution is -0.140. The SMILES string of the molecule is O=C(NCc1ccccn1)C(=O)[C@@H](Cc1ccccc1)NC(=O)C1(NC(=O)c2ccc(F)cc2)CC1. The lowest BCUT2D eigenvalue weighted by atomic mass is 10.0. The van der Waals surface area contributed by atoms with Gasteiger partial charge < -0.3 is 16.0 Å². The molecule has 3 amide bonds. The molecule has 0 saturated heterocycles. The first-order valence-electron chi connectivity index (χ1n) is 11.5. The van der Waals surface area contributed by atoms with Gasteiger partial charge in [-0.3, -0.25) is 24.2 Å². The molecular weight excluding hydrogens is 463 g/mol. The second kappa shape index (κ2) is 10.9. The van der Waals surface area contributed by atoms with Crippen molar-refractivity contribution in [2.75, 3.05) is 0 Å². The first-order valence-corrected chi connectivity index (χ1v) is 11.5. The van der Waals surface area contributed by atoms with Gasteiger partial charge in [0.2, 0.25) is 11.7 Å². The largest absolute Gasteiger partial charge is 0.344 e. The monoisotopic (exact) mass is 488 g/mol. The summed E-state index contributed by atoms with van der Waals surface area (Å²) >= 11 is 0. The van der Waals surface area contributed by atoms with Crippen molar-refractivity contribution in [3.63, 3.8) is 0 Å². The summed E-state index contributed by atoms with van der Waals surface area (Å²) in [5.74, 6) is -3.20. The molecule has 2 aromatic carbocycles. The topological polar surface area (TPSA) is 117 Å². The Morgan fingerprint density at radius 2 is 1.61 bits per heavy atom. The van der Waals surface area contributed by atoms with Crippen molar-refractivity contribution in [3.05, 3.63) is 102 Å². The van der Waals surface area contributed by atoms with Crippen LogP contribution in [0.2, 0.25) is 0 Å². The maximum atomic E-state index is 13.2. The minimum atomic E-state index is -1.19. The van der Waals surface area contributed by atoms with Crippen molar-refractivity contribution < 1.29 is 23.6 Å². The van der Waals surface area contributed by atoms with Gasteiger partial charge in [0, 0.05) is 18.2 Å². The van der Waals surface area contributed by atoms with Gasteiger partial charge in [0.1, 0.15) is 17.4 Å². The standard InChI is InChI=1S/C27H25FN4O4/c28-20-11-9-19(10-12-20)24(34)32-27(13-14-27)26(36)31-22(16-18-6-2-1-3-7-18)23(33)25(35)30-17-21-8-4-5-15-29-21/h1-12,15,22H,13-14,16-17H2,(H,30,35)(H,31,36)(H,32,34)/t22-/m1/s1. The Bertz CT molecular complexity index is 1250. The summed E-state index contributed by atoms with van der Waals surface area (Å²) in [5, 5.41) is 7.92. The van der Waals surface area contributed by atoms with Crippen LogP contribution in [0.4, 0.5) is 4.39 Å². The Balaban J connectivity index is 1.45. The lowest BCUT2D eigenvalue weighted by Crippen LogP contribution is -2.55. The zero-order chi connectivity index (χ0) is 25.5. The number of halogens is 1. The van der Waals surface area contributed by atoms with Crippen LogP contribution in [-0.2, 0) is 27.3 Å². The second-order valence-electron chi connectivity index (χ2n) is 8.63. The molecule has 1 aliphatic rings. The Morgan fingerprint density at radius 3 is 2.25 bits per heavy atom. The van der Waals surface area contributed by atoms with Crippen molar-refractivity contribution >= 4 is 23.5 Å². The molecule has 1 aromatic heterocycles. The fraction of sp³-hybridized carbons (Fsp3) is 0.222. The summed E-state index contributed by atoms with van der Waals surface area (Å²) in [5.41, 5.74) is 0.364. The average Bonchev–Trinajstić information content (AvgIpc) is 3.68. The maximum Gasteiger partial charge on any atom is 0.289 e. The van der Waals surface area contributed by atoms with Crippen LogP contribution in [-0.4, -0.2) is 40.1 Å². The third kappa shape index (κ3) is 6.18. The van der Waals surface area contributed by atoms with E-state index >= 15 is 0 Å². The van der Waals surface area contributed by atoms with E-state index in [1.165, 1.54) is 12.1 Å². The molecular formula is C27H25FN4O4. The number of aromatic nitrogens is 1. The summed E-state index contributed by atoms with van der Waals surface area (Å²) in [4.78, 5) is 55.6. The molecule has 36 heavy (non-hydrogen) atoms. The zero-order valence-corrected chi connectivity index (χ0v) is 19.4. The summed E-state index contributed by atoms with van der Waals surface area (Å²) in [6, 6.07) is 18.1. The van der Waals surface area contributed by atoms with E-state index in [2.05, 4.69) is 20.9 Å². The molecule has 0 radical (unpaired) electrons.